The van der Waals surface area contributed by atoms with Crippen molar-refractivity contribution in [2.24, 2.45) is 0 Å². The second-order valence-electron chi connectivity index (χ2n) is 3.69. The van der Waals surface area contributed by atoms with Crippen LogP contribution in [-0.2, 0) is 4.79 Å². The fourth-order valence-electron chi connectivity index (χ4n) is 1.33. The van der Waals surface area contributed by atoms with Crippen LogP contribution in [0, 0.1) is 0 Å². The highest BCUT2D eigenvalue weighted by Gasteiger charge is 2.19. The Labute approximate surface area is 99.2 Å². The van der Waals surface area contributed by atoms with E-state index < -0.39 is 6.04 Å². The van der Waals surface area contributed by atoms with Crippen LogP contribution in [-0.4, -0.2) is 48.1 Å². The van der Waals surface area contributed by atoms with E-state index in [9.17, 15) is 9.59 Å². The second kappa shape index (κ2) is 6.05. The SMILES string of the molecule is CC(NC(=O)c1ccoc1)C(=O)N(C)CCO. The molecule has 1 unspecified atom stereocenters. The lowest BCUT2D eigenvalue weighted by Crippen LogP contribution is -2.46. The summed E-state index contributed by atoms with van der Waals surface area (Å²) < 4.78 is 4.77. The van der Waals surface area contributed by atoms with Gasteiger partial charge in [-0.1, -0.05) is 0 Å². The Morgan fingerprint density at radius 3 is 2.82 bits per heavy atom. The molecule has 0 aliphatic heterocycles. The highest BCUT2D eigenvalue weighted by molar-refractivity contribution is 5.97. The zero-order valence-corrected chi connectivity index (χ0v) is 9.84. The monoisotopic (exact) mass is 240 g/mol. The molecule has 0 spiro atoms. The molecule has 0 aromatic carbocycles. The van der Waals surface area contributed by atoms with Crippen LogP contribution in [0.1, 0.15) is 17.3 Å². The van der Waals surface area contributed by atoms with Crippen molar-refractivity contribution >= 4 is 11.8 Å². The predicted octanol–water partition coefficient (Wildman–Crippen LogP) is -0.151. The van der Waals surface area contributed by atoms with Gasteiger partial charge in [0.15, 0.2) is 0 Å². The van der Waals surface area contributed by atoms with E-state index >= 15 is 0 Å². The average molecular weight is 240 g/mol. The Morgan fingerprint density at radius 2 is 2.29 bits per heavy atom. The van der Waals surface area contributed by atoms with E-state index in [2.05, 4.69) is 5.32 Å². The first-order valence-electron chi connectivity index (χ1n) is 5.25. The molecule has 0 saturated carbocycles. The molecule has 1 heterocycles. The minimum Gasteiger partial charge on any atom is -0.472 e. The molecule has 6 nitrogen and oxygen atoms in total. The maximum atomic E-state index is 11.7. The number of carbonyl (C=O) groups excluding carboxylic acids is 2. The number of nitrogens with one attached hydrogen (secondary N) is 1. The van der Waals surface area contributed by atoms with Crippen molar-refractivity contribution in [2.75, 3.05) is 20.2 Å². The molecule has 0 aliphatic carbocycles. The molecule has 1 aromatic heterocycles. The smallest absolute Gasteiger partial charge is 0.255 e. The van der Waals surface area contributed by atoms with Gasteiger partial charge in [-0.3, -0.25) is 9.59 Å². The minimum absolute atomic E-state index is 0.107. The summed E-state index contributed by atoms with van der Waals surface area (Å²) in [5.74, 6) is -0.618. The lowest BCUT2D eigenvalue weighted by molar-refractivity contribution is -0.131. The summed E-state index contributed by atoms with van der Waals surface area (Å²) >= 11 is 0. The van der Waals surface area contributed by atoms with Gasteiger partial charge >= 0.3 is 0 Å². The van der Waals surface area contributed by atoms with E-state index in [4.69, 9.17) is 9.52 Å². The van der Waals surface area contributed by atoms with Crippen molar-refractivity contribution in [2.45, 2.75) is 13.0 Å². The number of aliphatic hydroxyl groups is 1. The Bertz CT molecular complexity index is 375. The van der Waals surface area contributed by atoms with Crippen LogP contribution in [0.25, 0.3) is 0 Å². The van der Waals surface area contributed by atoms with E-state index in [1.807, 2.05) is 0 Å². The van der Waals surface area contributed by atoms with Crippen LogP contribution < -0.4 is 5.32 Å². The first kappa shape index (κ1) is 13.2. The molecule has 17 heavy (non-hydrogen) atoms. The van der Waals surface area contributed by atoms with E-state index in [1.165, 1.54) is 23.5 Å². The second-order valence-corrected chi connectivity index (χ2v) is 3.69. The Balaban J connectivity index is 2.51. The van der Waals surface area contributed by atoms with E-state index in [1.54, 1.807) is 14.0 Å². The van der Waals surface area contributed by atoms with Gasteiger partial charge in [-0.15, -0.1) is 0 Å². The molecule has 2 N–H and O–H groups in total. The van der Waals surface area contributed by atoms with Gasteiger partial charge in [0.1, 0.15) is 12.3 Å². The van der Waals surface area contributed by atoms with Crippen LogP contribution in [0.2, 0.25) is 0 Å². The third-order valence-corrected chi connectivity index (χ3v) is 2.31. The van der Waals surface area contributed by atoms with Crippen LogP contribution in [0.4, 0.5) is 0 Å². The molecule has 0 saturated heterocycles. The molecule has 1 aromatic rings. The van der Waals surface area contributed by atoms with Gasteiger partial charge in [-0.05, 0) is 13.0 Å². The van der Waals surface area contributed by atoms with Crippen LogP contribution >= 0.6 is 0 Å². The standard InChI is InChI=1S/C11H16N2O4/c1-8(11(16)13(2)4-5-14)12-10(15)9-3-6-17-7-9/h3,6-8,14H,4-5H2,1-2H3,(H,12,15). The van der Waals surface area contributed by atoms with Crippen molar-refractivity contribution in [1.82, 2.24) is 10.2 Å². The number of rotatable bonds is 5. The Kier molecular flexibility index (Phi) is 4.71. The number of amides is 2. The van der Waals surface area contributed by atoms with Crippen molar-refractivity contribution in [1.29, 1.82) is 0 Å². The maximum Gasteiger partial charge on any atom is 0.255 e. The van der Waals surface area contributed by atoms with Crippen molar-refractivity contribution in [3.8, 4) is 0 Å². The molecule has 1 atom stereocenters. The predicted molar refractivity (Wildman–Crippen MR) is 60.4 cm³/mol. The van der Waals surface area contributed by atoms with Crippen molar-refractivity contribution in [3.63, 3.8) is 0 Å². The molecule has 2 amide bonds. The number of aliphatic hydroxyl groups excluding tert-OH is 1. The third kappa shape index (κ3) is 3.60. The lowest BCUT2D eigenvalue weighted by atomic mass is 10.2. The molecule has 6 heteroatoms. The number of carbonyl (C=O) groups is 2. The molecule has 0 fully saturated rings. The zero-order valence-electron chi connectivity index (χ0n) is 9.84. The third-order valence-electron chi connectivity index (χ3n) is 2.31. The summed E-state index contributed by atoms with van der Waals surface area (Å²) in [5, 5.41) is 11.3. The van der Waals surface area contributed by atoms with Gasteiger partial charge in [-0.25, -0.2) is 0 Å². The average Bonchev–Trinajstić information content (AvgIpc) is 2.81. The fourth-order valence-corrected chi connectivity index (χ4v) is 1.33. The molecular formula is C11H16N2O4. The fraction of sp³-hybridized carbons (Fsp3) is 0.455. The number of furan rings is 1. The van der Waals surface area contributed by atoms with E-state index in [0.717, 1.165) is 0 Å². The van der Waals surface area contributed by atoms with Crippen molar-refractivity contribution in [3.05, 3.63) is 24.2 Å². The van der Waals surface area contributed by atoms with Gasteiger partial charge in [0.2, 0.25) is 5.91 Å². The lowest BCUT2D eigenvalue weighted by Gasteiger charge is -2.20. The summed E-state index contributed by atoms with van der Waals surface area (Å²) in [6, 6.07) is 0.873. The topological polar surface area (TPSA) is 82.8 Å². The van der Waals surface area contributed by atoms with Crippen molar-refractivity contribution < 1.29 is 19.1 Å². The summed E-state index contributed by atoms with van der Waals surface area (Å²) in [6.45, 7) is 1.73. The molecular weight excluding hydrogens is 224 g/mol. The Hall–Kier alpha value is -1.82. The number of hydrogen-bond donors (Lipinski definition) is 2. The molecule has 1 rings (SSSR count). The van der Waals surface area contributed by atoms with Crippen LogP contribution in [0.15, 0.2) is 23.0 Å². The summed E-state index contributed by atoms with van der Waals surface area (Å²) in [4.78, 5) is 24.7. The quantitative estimate of drug-likeness (QED) is 0.749. The van der Waals surface area contributed by atoms with Gasteiger partial charge in [0, 0.05) is 13.6 Å². The Morgan fingerprint density at radius 1 is 1.59 bits per heavy atom. The largest absolute Gasteiger partial charge is 0.472 e. The highest BCUT2D eigenvalue weighted by atomic mass is 16.3. The molecule has 94 valence electrons. The minimum atomic E-state index is -0.644. The molecule has 0 bridgehead atoms. The summed E-state index contributed by atoms with van der Waals surface area (Å²) in [6.07, 6.45) is 2.70. The highest BCUT2D eigenvalue weighted by Crippen LogP contribution is 2.01. The zero-order chi connectivity index (χ0) is 12.8. The summed E-state index contributed by atoms with van der Waals surface area (Å²) in [7, 11) is 1.57. The van der Waals surface area contributed by atoms with Gasteiger partial charge in [-0.2, -0.15) is 0 Å². The van der Waals surface area contributed by atoms with E-state index in [0.29, 0.717) is 5.56 Å². The molecule has 0 radical (unpaired) electrons. The van der Waals surface area contributed by atoms with Crippen LogP contribution in [0.5, 0.6) is 0 Å². The van der Waals surface area contributed by atoms with Gasteiger partial charge in [0.05, 0.1) is 18.4 Å². The maximum absolute atomic E-state index is 11.7. The number of hydrogen-bond acceptors (Lipinski definition) is 4. The van der Waals surface area contributed by atoms with Crippen LogP contribution in [0.3, 0.4) is 0 Å². The van der Waals surface area contributed by atoms with E-state index in [-0.39, 0.29) is 25.0 Å². The first-order chi connectivity index (χ1) is 8.06. The first-order valence-corrected chi connectivity index (χ1v) is 5.25. The molecule has 0 aliphatic rings. The normalized spacial score (nSPS) is 11.9. The van der Waals surface area contributed by atoms with Gasteiger partial charge in [0.25, 0.3) is 5.91 Å². The summed E-state index contributed by atoms with van der Waals surface area (Å²) in [5.41, 5.74) is 0.370. The number of likely N-dealkylation sites (N-methyl/N-ethyl adjacent to an activating group) is 1. The number of nitrogens with zero attached hydrogens (tertiary/aromatic N) is 1. The van der Waals surface area contributed by atoms with Gasteiger partial charge < -0.3 is 19.7 Å².